The van der Waals surface area contributed by atoms with Crippen LogP contribution in [0.1, 0.15) is 12.2 Å². The second-order valence-electron chi connectivity index (χ2n) is 6.47. The van der Waals surface area contributed by atoms with Gasteiger partial charge in [0.2, 0.25) is 15.9 Å². The largest absolute Gasteiger partial charge is 0.494 e. The molecule has 8 heteroatoms. The summed E-state index contributed by atoms with van der Waals surface area (Å²) < 4.78 is 36.2. The van der Waals surface area contributed by atoms with Crippen molar-refractivity contribution in [1.29, 1.82) is 0 Å². The predicted molar refractivity (Wildman–Crippen MR) is 113 cm³/mol. The van der Waals surface area contributed by atoms with Gasteiger partial charge in [-0.1, -0.05) is 30.3 Å². The van der Waals surface area contributed by atoms with Crippen LogP contribution in [0.5, 0.6) is 5.75 Å². The number of aryl methyl sites for hydroxylation is 1. The molecular formula is C21H22N2O5S. The van der Waals surface area contributed by atoms with Crippen LogP contribution >= 0.6 is 0 Å². The average Bonchev–Trinajstić information content (AvgIpc) is 3.16. The fraction of sp³-hybridized carbons (Fsp3) is 0.190. The fourth-order valence-electron chi connectivity index (χ4n) is 2.78. The number of methoxy groups -OCH3 is 1. The van der Waals surface area contributed by atoms with Gasteiger partial charge in [0.05, 0.1) is 19.1 Å². The molecule has 0 atom stereocenters. The zero-order valence-corrected chi connectivity index (χ0v) is 17.0. The fourth-order valence-corrected chi connectivity index (χ4v) is 3.35. The number of hydrogen-bond acceptors (Lipinski definition) is 5. The van der Waals surface area contributed by atoms with Crippen LogP contribution in [0.25, 0.3) is 11.3 Å². The zero-order chi connectivity index (χ0) is 20.9. The van der Waals surface area contributed by atoms with E-state index in [1.54, 1.807) is 12.1 Å². The van der Waals surface area contributed by atoms with E-state index in [0.717, 1.165) is 23.3 Å². The molecule has 2 aromatic carbocycles. The van der Waals surface area contributed by atoms with Gasteiger partial charge in [-0.25, -0.2) is 8.42 Å². The second-order valence-corrected chi connectivity index (χ2v) is 8.22. The summed E-state index contributed by atoms with van der Waals surface area (Å²) in [5.74, 6) is 1.62. The molecule has 0 fully saturated rings. The van der Waals surface area contributed by atoms with Crippen LogP contribution in [0.2, 0.25) is 0 Å². The summed E-state index contributed by atoms with van der Waals surface area (Å²) >= 11 is 0. The van der Waals surface area contributed by atoms with Crippen molar-refractivity contribution in [3.8, 4) is 17.1 Å². The Hall–Kier alpha value is -3.26. The van der Waals surface area contributed by atoms with Gasteiger partial charge in [0.15, 0.2) is 0 Å². The number of benzene rings is 2. The third-order valence-corrected chi connectivity index (χ3v) is 4.69. The van der Waals surface area contributed by atoms with Gasteiger partial charge in [-0.3, -0.25) is 9.52 Å². The number of ether oxygens (including phenoxy) is 1. The standard InChI is InChI=1S/C21H22N2O5S/c1-27-20-14-16(8-11-18(20)23-29(2,25)26)22-21(24)13-10-17-9-12-19(28-17)15-6-4-3-5-7-15/h3-9,11-12,14,23H,10,13H2,1-2H3,(H,22,24). The first-order valence-electron chi connectivity index (χ1n) is 8.94. The maximum atomic E-state index is 12.3. The van der Waals surface area contributed by atoms with Crippen LogP contribution in [-0.2, 0) is 21.2 Å². The van der Waals surface area contributed by atoms with Crippen molar-refractivity contribution in [2.45, 2.75) is 12.8 Å². The smallest absolute Gasteiger partial charge is 0.229 e. The summed E-state index contributed by atoms with van der Waals surface area (Å²) in [6.07, 6.45) is 1.76. The van der Waals surface area contributed by atoms with Gasteiger partial charge in [-0.15, -0.1) is 0 Å². The topological polar surface area (TPSA) is 97.6 Å². The quantitative estimate of drug-likeness (QED) is 0.583. The second kappa shape index (κ2) is 8.83. The lowest BCUT2D eigenvalue weighted by Gasteiger charge is -2.12. The van der Waals surface area contributed by atoms with Gasteiger partial charge >= 0.3 is 0 Å². The van der Waals surface area contributed by atoms with E-state index >= 15 is 0 Å². The molecular weight excluding hydrogens is 392 g/mol. The van der Waals surface area contributed by atoms with E-state index in [1.807, 2.05) is 42.5 Å². The number of nitrogens with one attached hydrogen (secondary N) is 2. The van der Waals surface area contributed by atoms with E-state index in [4.69, 9.17) is 9.15 Å². The molecule has 0 saturated carbocycles. The third kappa shape index (κ3) is 5.86. The Morgan fingerprint density at radius 3 is 2.52 bits per heavy atom. The SMILES string of the molecule is COc1cc(NC(=O)CCc2ccc(-c3ccccc3)o2)ccc1NS(C)(=O)=O. The van der Waals surface area contributed by atoms with Crippen LogP contribution in [-0.4, -0.2) is 27.7 Å². The minimum Gasteiger partial charge on any atom is -0.494 e. The van der Waals surface area contributed by atoms with Gasteiger partial charge in [0.25, 0.3) is 0 Å². The molecule has 0 spiro atoms. The first-order chi connectivity index (χ1) is 13.8. The number of carbonyl (C=O) groups is 1. The molecule has 3 rings (SSSR count). The van der Waals surface area contributed by atoms with Crippen LogP contribution in [0.3, 0.4) is 0 Å². The maximum Gasteiger partial charge on any atom is 0.229 e. The van der Waals surface area contributed by atoms with Gasteiger partial charge in [0, 0.05) is 30.2 Å². The summed E-state index contributed by atoms with van der Waals surface area (Å²) in [6, 6.07) is 18.2. The molecule has 0 saturated heterocycles. The Bertz CT molecular complexity index is 1090. The maximum absolute atomic E-state index is 12.3. The van der Waals surface area contributed by atoms with E-state index in [-0.39, 0.29) is 12.3 Å². The molecule has 0 aliphatic rings. The molecule has 3 aromatic rings. The first kappa shape index (κ1) is 20.5. The Morgan fingerprint density at radius 2 is 1.83 bits per heavy atom. The minimum atomic E-state index is -3.43. The molecule has 152 valence electrons. The van der Waals surface area contributed by atoms with Crippen LogP contribution in [0, 0.1) is 0 Å². The van der Waals surface area contributed by atoms with Crippen molar-refractivity contribution in [3.63, 3.8) is 0 Å². The summed E-state index contributed by atoms with van der Waals surface area (Å²) in [5, 5.41) is 2.78. The molecule has 1 heterocycles. The van der Waals surface area contributed by atoms with Crippen molar-refractivity contribution >= 4 is 27.3 Å². The van der Waals surface area contributed by atoms with Crippen LogP contribution in [0.15, 0.2) is 65.1 Å². The Balaban J connectivity index is 1.59. The van der Waals surface area contributed by atoms with Crippen molar-refractivity contribution < 1.29 is 22.4 Å². The first-order valence-corrected chi connectivity index (χ1v) is 10.8. The zero-order valence-electron chi connectivity index (χ0n) is 16.1. The molecule has 0 aliphatic carbocycles. The molecule has 1 amide bonds. The summed E-state index contributed by atoms with van der Waals surface area (Å²) in [6.45, 7) is 0. The number of anilines is 2. The van der Waals surface area contributed by atoms with E-state index < -0.39 is 10.0 Å². The van der Waals surface area contributed by atoms with Crippen LogP contribution in [0.4, 0.5) is 11.4 Å². The molecule has 0 bridgehead atoms. The van der Waals surface area contributed by atoms with Crippen molar-refractivity contribution in [2.75, 3.05) is 23.4 Å². The number of carbonyl (C=O) groups excluding carboxylic acids is 1. The average molecular weight is 414 g/mol. The Labute approximate surface area is 169 Å². The molecule has 0 unspecified atom stereocenters. The number of amides is 1. The molecule has 29 heavy (non-hydrogen) atoms. The highest BCUT2D eigenvalue weighted by atomic mass is 32.2. The minimum absolute atomic E-state index is 0.187. The highest BCUT2D eigenvalue weighted by molar-refractivity contribution is 7.92. The van der Waals surface area contributed by atoms with E-state index in [1.165, 1.54) is 13.2 Å². The molecule has 7 nitrogen and oxygen atoms in total. The monoisotopic (exact) mass is 414 g/mol. The molecule has 1 aromatic heterocycles. The number of rotatable bonds is 8. The van der Waals surface area contributed by atoms with Gasteiger partial charge in [0.1, 0.15) is 17.3 Å². The van der Waals surface area contributed by atoms with Crippen molar-refractivity contribution in [1.82, 2.24) is 0 Å². The normalized spacial score (nSPS) is 11.1. The lowest BCUT2D eigenvalue weighted by Crippen LogP contribution is -2.13. The van der Waals surface area contributed by atoms with Crippen molar-refractivity contribution in [2.24, 2.45) is 0 Å². The van der Waals surface area contributed by atoms with E-state index in [2.05, 4.69) is 10.0 Å². The number of furan rings is 1. The van der Waals surface area contributed by atoms with Gasteiger partial charge < -0.3 is 14.5 Å². The Morgan fingerprint density at radius 1 is 1.07 bits per heavy atom. The third-order valence-electron chi connectivity index (χ3n) is 4.10. The van der Waals surface area contributed by atoms with Crippen LogP contribution < -0.4 is 14.8 Å². The van der Waals surface area contributed by atoms with Gasteiger partial charge in [-0.2, -0.15) is 0 Å². The van der Waals surface area contributed by atoms with E-state index in [0.29, 0.717) is 23.5 Å². The molecule has 2 N–H and O–H groups in total. The highest BCUT2D eigenvalue weighted by Crippen LogP contribution is 2.29. The van der Waals surface area contributed by atoms with E-state index in [9.17, 15) is 13.2 Å². The number of hydrogen-bond donors (Lipinski definition) is 2. The number of sulfonamides is 1. The Kier molecular flexibility index (Phi) is 6.23. The summed E-state index contributed by atoms with van der Waals surface area (Å²) in [7, 11) is -2.00. The highest BCUT2D eigenvalue weighted by Gasteiger charge is 2.11. The van der Waals surface area contributed by atoms with Crippen molar-refractivity contribution in [3.05, 3.63) is 66.4 Å². The summed E-state index contributed by atoms with van der Waals surface area (Å²) in [4.78, 5) is 12.3. The lowest BCUT2D eigenvalue weighted by molar-refractivity contribution is -0.116. The predicted octanol–water partition coefficient (Wildman–Crippen LogP) is 3.90. The lowest BCUT2D eigenvalue weighted by atomic mass is 10.2. The molecule has 0 aliphatic heterocycles. The van der Waals surface area contributed by atoms with Gasteiger partial charge in [-0.05, 0) is 24.3 Å². The summed E-state index contributed by atoms with van der Waals surface area (Å²) in [5.41, 5.74) is 1.80. The molecule has 0 radical (unpaired) electrons.